The van der Waals surface area contributed by atoms with Crippen LogP contribution in [0, 0.1) is 0 Å². The van der Waals surface area contributed by atoms with Crippen molar-refractivity contribution < 1.29 is 14.3 Å². The van der Waals surface area contributed by atoms with E-state index in [9.17, 15) is 4.79 Å². The summed E-state index contributed by atoms with van der Waals surface area (Å²) in [5.41, 5.74) is 9.89. The Kier molecular flexibility index (Phi) is 7.23. The molecule has 0 bridgehead atoms. The molecule has 7 heteroatoms. The van der Waals surface area contributed by atoms with Gasteiger partial charge in [-0.05, 0) is 64.8 Å². The number of benzene rings is 2. The van der Waals surface area contributed by atoms with E-state index in [2.05, 4.69) is 33.0 Å². The van der Waals surface area contributed by atoms with Gasteiger partial charge in [-0.25, -0.2) is 5.43 Å². The summed E-state index contributed by atoms with van der Waals surface area (Å²) in [4.78, 5) is 12.0. The smallest absolute Gasteiger partial charge is 0.271 e. The van der Waals surface area contributed by atoms with Crippen LogP contribution in [0.15, 0.2) is 58.6 Å². The van der Waals surface area contributed by atoms with Gasteiger partial charge in [-0.15, -0.1) is 0 Å². The van der Waals surface area contributed by atoms with Crippen LogP contribution in [0.5, 0.6) is 11.5 Å². The molecule has 2 aromatic rings. The summed E-state index contributed by atoms with van der Waals surface area (Å²) in [6.45, 7) is 6.38. The molecule has 0 heterocycles. The second-order valence-electron chi connectivity index (χ2n) is 5.18. The average molecular weight is 418 g/mol. The fraction of sp³-hybridized carbons (Fsp3) is 0.158. The molecule has 0 aliphatic carbocycles. The van der Waals surface area contributed by atoms with Crippen LogP contribution >= 0.6 is 15.9 Å². The molecule has 2 aromatic carbocycles. The van der Waals surface area contributed by atoms with Crippen LogP contribution in [0.25, 0.3) is 0 Å². The summed E-state index contributed by atoms with van der Waals surface area (Å²) < 4.78 is 12.0. The normalized spacial score (nSPS) is 10.5. The number of nitrogens with one attached hydrogen (secondary N) is 1. The largest absolute Gasteiger partial charge is 0.490 e. The highest BCUT2D eigenvalue weighted by Crippen LogP contribution is 2.36. The molecule has 26 heavy (non-hydrogen) atoms. The average Bonchev–Trinajstić information content (AvgIpc) is 2.62. The molecule has 0 saturated carbocycles. The van der Waals surface area contributed by atoms with Crippen LogP contribution in [0.3, 0.4) is 0 Å². The SMILES string of the molecule is C=CCOc1c(Br)cc(/C=N\NC(=O)c2ccc(N)cc2)cc1OCC. The van der Waals surface area contributed by atoms with Gasteiger partial charge in [-0.3, -0.25) is 4.79 Å². The van der Waals surface area contributed by atoms with Crippen molar-refractivity contribution in [2.24, 2.45) is 5.10 Å². The predicted octanol–water partition coefficient (Wildman–Crippen LogP) is 3.76. The fourth-order valence-corrected chi connectivity index (χ4v) is 2.65. The zero-order chi connectivity index (χ0) is 18.9. The van der Waals surface area contributed by atoms with E-state index in [1.807, 2.05) is 13.0 Å². The lowest BCUT2D eigenvalue weighted by molar-refractivity contribution is 0.0955. The number of carbonyl (C=O) groups excluding carboxylic acids is 1. The summed E-state index contributed by atoms with van der Waals surface area (Å²) in [7, 11) is 0. The van der Waals surface area contributed by atoms with Gasteiger partial charge in [0.2, 0.25) is 0 Å². The fourth-order valence-electron chi connectivity index (χ4n) is 2.07. The van der Waals surface area contributed by atoms with Crippen molar-refractivity contribution in [2.45, 2.75) is 6.92 Å². The maximum absolute atomic E-state index is 12.0. The molecule has 0 fully saturated rings. The van der Waals surface area contributed by atoms with Gasteiger partial charge >= 0.3 is 0 Å². The first kappa shape index (κ1) is 19.5. The lowest BCUT2D eigenvalue weighted by Gasteiger charge is -2.13. The number of hydrazone groups is 1. The Morgan fingerprint density at radius 1 is 1.31 bits per heavy atom. The highest BCUT2D eigenvalue weighted by atomic mass is 79.9. The lowest BCUT2D eigenvalue weighted by atomic mass is 10.2. The molecule has 0 saturated heterocycles. The van der Waals surface area contributed by atoms with Gasteiger partial charge in [0.25, 0.3) is 5.91 Å². The van der Waals surface area contributed by atoms with E-state index in [1.54, 1.807) is 36.4 Å². The molecular formula is C19H20BrN3O3. The van der Waals surface area contributed by atoms with E-state index in [0.717, 1.165) is 10.0 Å². The summed E-state index contributed by atoms with van der Waals surface area (Å²) >= 11 is 3.46. The van der Waals surface area contributed by atoms with Gasteiger partial charge in [0.05, 0.1) is 17.3 Å². The number of rotatable bonds is 8. The van der Waals surface area contributed by atoms with Crippen LogP contribution in [0.1, 0.15) is 22.8 Å². The molecule has 0 spiro atoms. The third-order valence-corrected chi connectivity index (χ3v) is 3.82. The number of anilines is 1. The number of hydrogen-bond acceptors (Lipinski definition) is 5. The summed E-state index contributed by atoms with van der Waals surface area (Å²) in [6, 6.07) is 10.2. The second kappa shape index (κ2) is 9.62. The van der Waals surface area contributed by atoms with E-state index >= 15 is 0 Å². The Morgan fingerprint density at radius 2 is 2.04 bits per heavy atom. The molecule has 1 amide bonds. The first-order valence-corrected chi connectivity index (χ1v) is 8.73. The Labute approximate surface area is 160 Å². The van der Waals surface area contributed by atoms with Gasteiger partial charge < -0.3 is 15.2 Å². The van der Waals surface area contributed by atoms with Crippen LogP contribution in [0.2, 0.25) is 0 Å². The first-order valence-electron chi connectivity index (χ1n) is 7.94. The zero-order valence-corrected chi connectivity index (χ0v) is 16.0. The third kappa shape index (κ3) is 5.35. The number of nitrogens with zero attached hydrogens (tertiary/aromatic N) is 1. The van der Waals surface area contributed by atoms with Crippen molar-refractivity contribution in [3.05, 3.63) is 64.7 Å². The number of halogens is 1. The van der Waals surface area contributed by atoms with E-state index in [4.69, 9.17) is 15.2 Å². The predicted molar refractivity (Wildman–Crippen MR) is 107 cm³/mol. The third-order valence-electron chi connectivity index (χ3n) is 3.23. The number of ether oxygens (including phenoxy) is 2. The van der Waals surface area contributed by atoms with E-state index in [1.165, 1.54) is 6.21 Å². The van der Waals surface area contributed by atoms with Crippen LogP contribution in [-0.4, -0.2) is 25.3 Å². The second-order valence-corrected chi connectivity index (χ2v) is 6.04. The molecule has 0 aromatic heterocycles. The van der Waals surface area contributed by atoms with Gasteiger partial charge in [-0.1, -0.05) is 12.7 Å². The standard InChI is InChI=1S/C19H20BrN3O3/c1-3-9-26-18-16(20)10-13(11-17(18)25-4-2)12-22-23-19(24)14-5-7-15(21)8-6-14/h3,5-8,10-12H,1,4,9,21H2,2H3,(H,23,24)/b22-12-. The molecule has 0 aliphatic heterocycles. The molecular weight excluding hydrogens is 398 g/mol. The van der Waals surface area contributed by atoms with Crippen molar-refractivity contribution in [2.75, 3.05) is 18.9 Å². The topological polar surface area (TPSA) is 85.9 Å². The van der Waals surface area contributed by atoms with Gasteiger partial charge in [0.15, 0.2) is 11.5 Å². The summed E-state index contributed by atoms with van der Waals surface area (Å²) in [6.07, 6.45) is 3.18. The van der Waals surface area contributed by atoms with Crippen molar-refractivity contribution in [1.82, 2.24) is 5.43 Å². The van der Waals surface area contributed by atoms with Crippen LogP contribution in [-0.2, 0) is 0 Å². The number of nitrogens with two attached hydrogens (primary N) is 1. The number of nitrogen functional groups attached to an aromatic ring is 1. The summed E-state index contributed by atoms with van der Waals surface area (Å²) in [5, 5.41) is 3.99. The van der Waals surface area contributed by atoms with Gasteiger partial charge in [0.1, 0.15) is 6.61 Å². The van der Waals surface area contributed by atoms with Crippen molar-refractivity contribution in [1.29, 1.82) is 0 Å². The Balaban J connectivity index is 2.12. The number of amides is 1. The molecule has 2 rings (SSSR count). The minimum atomic E-state index is -0.323. The van der Waals surface area contributed by atoms with Gasteiger partial charge in [-0.2, -0.15) is 5.10 Å². The van der Waals surface area contributed by atoms with Crippen LogP contribution < -0.4 is 20.6 Å². The highest BCUT2D eigenvalue weighted by molar-refractivity contribution is 9.10. The van der Waals surface area contributed by atoms with E-state index in [-0.39, 0.29) is 5.91 Å². The zero-order valence-electron chi connectivity index (χ0n) is 14.4. The Bertz CT molecular complexity index is 804. The molecule has 3 N–H and O–H groups in total. The Hall–Kier alpha value is -2.80. The molecule has 0 aliphatic rings. The number of hydrogen-bond donors (Lipinski definition) is 2. The molecule has 0 unspecified atom stereocenters. The van der Waals surface area contributed by atoms with Gasteiger partial charge in [0, 0.05) is 11.3 Å². The lowest BCUT2D eigenvalue weighted by Crippen LogP contribution is -2.17. The van der Waals surface area contributed by atoms with Crippen LogP contribution in [0.4, 0.5) is 5.69 Å². The minimum Gasteiger partial charge on any atom is -0.490 e. The monoisotopic (exact) mass is 417 g/mol. The van der Waals surface area contributed by atoms with Crippen molar-refractivity contribution >= 4 is 33.7 Å². The quantitative estimate of drug-likeness (QED) is 0.296. The highest BCUT2D eigenvalue weighted by Gasteiger charge is 2.11. The Morgan fingerprint density at radius 3 is 2.69 bits per heavy atom. The maximum Gasteiger partial charge on any atom is 0.271 e. The first-order chi connectivity index (χ1) is 12.5. The molecule has 136 valence electrons. The minimum absolute atomic E-state index is 0.323. The van der Waals surface area contributed by atoms with Crippen molar-refractivity contribution in [3.8, 4) is 11.5 Å². The van der Waals surface area contributed by atoms with Crippen molar-refractivity contribution in [3.63, 3.8) is 0 Å². The van der Waals surface area contributed by atoms with E-state index < -0.39 is 0 Å². The summed E-state index contributed by atoms with van der Waals surface area (Å²) in [5.74, 6) is 0.848. The molecule has 6 nitrogen and oxygen atoms in total. The molecule has 0 atom stereocenters. The van der Waals surface area contributed by atoms with E-state index in [0.29, 0.717) is 36.0 Å². The maximum atomic E-state index is 12.0. The number of carbonyl (C=O) groups is 1. The molecule has 0 radical (unpaired) electrons.